The van der Waals surface area contributed by atoms with Gasteiger partial charge in [0.05, 0.1) is 11.6 Å². The summed E-state index contributed by atoms with van der Waals surface area (Å²) in [5.41, 5.74) is -1.69. The van der Waals surface area contributed by atoms with Gasteiger partial charge in [-0.3, -0.25) is 4.90 Å². The minimum Gasteiger partial charge on any atom is -0.465 e. The zero-order valence-corrected chi connectivity index (χ0v) is 17.9. The third-order valence-corrected chi connectivity index (χ3v) is 6.77. The van der Waals surface area contributed by atoms with Crippen molar-refractivity contribution in [3.8, 4) is 0 Å². The third kappa shape index (κ3) is 4.51. The maximum atomic E-state index is 14.7. The summed E-state index contributed by atoms with van der Waals surface area (Å²) in [5, 5.41) is 9.86. The average Bonchev–Trinajstić information content (AvgIpc) is 2.89. The first kappa shape index (κ1) is 21.8. The van der Waals surface area contributed by atoms with E-state index in [1.165, 1.54) is 4.90 Å². The van der Waals surface area contributed by atoms with Crippen LogP contribution in [0.25, 0.3) is 0 Å². The maximum absolute atomic E-state index is 14.7. The Bertz CT molecular complexity index is 699. The predicted octanol–water partition coefficient (Wildman–Crippen LogP) is 5.06. The Morgan fingerprint density at radius 1 is 1.30 bits per heavy atom. The molecule has 1 saturated heterocycles. The molecule has 1 unspecified atom stereocenters. The molecule has 1 amide bonds. The number of benzene rings is 1. The van der Waals surface area contributed by atoms with Crippen molar-refractivity contribution in [1.82, 2.24) is 4.90 Å². The molecule has 1 heterocycles. The van der Waals surface area contributed by atoms with Crippen LogP contribution in [0.15, 0.2) is 18.2 Å². The highest BCUT2D eigenvalue weighted by atomic mass is 28.2. The topological polar surface area (TPSA) is 49.8 Å². The minimum absolute atomic E-state index is 0.0719. The summed E-state index contributed by atoms with van der Waals surface area (Å²) in [5.74, 6) is -1.19. The first-order chi connectivity index (χ1) is 12.3. The Kier molecular flexibility index (Phi) is 6.07. The van der Waals surface area contributed by atoms with Gasteiger partial charge in [-0.2, -0.15) is 0 Å². The van der Waals surface area contributed by atoms with Gasteiger partial charge < -0.3 is 9.53 Å². The van der Waals surface area contributed by atoms with Crippen LogP contribution >= 0.6 is 0 Å². The molecule has 2 atom stereocenters. The summed E-state index contributed by atoms with van der Waals surface area (Å²) in [6.07, 6.45) is -1.22. The maximum Gasteiger partial charge on any atom is 0.408 e. The molecule has 1 N–H and O–H groups in total. The van der Waals surface area contributed by atoms with Crippen LogP contribution in [0.2, 0.25) is 6.04 Å². The number of hydrogen-bond donors (Lipinski definition) is 1. The van der Waals surface area contributed by atoms with Gasteiger partial charge >= 0.3 is 6.09 Å². The largest absolute Gasteiger partial charge is 0.465 e. The van der Waals surface area contributed by atoms with Gasteiger partial charge in [-0.1, -0.05) is 41.5 Å². The van der Waals surface area contributed by atoms with Gasteiger partial charge in [-0.25, -0.2) is 13.6 Å². The van der Waals surface area contributed by atoms with Crippen LogP contribution in [0.3, 0.4) is 0 Å². The van der Waals surface area contributed by atoms with Crippen molar-refractivity contribution in [3.05, 3.63) is 35.4 Å². The van der Waals surface area contributed by atoms with Crippen LogP contribution in [-0.4, -0.2) is 38.5 Å². The van der Waals surface area contributed by atoms with E-state index in [1.807, 2.05) is 20.8 Å². The fourth-order valence-electron chi connectivity index (χ4n) is 3.74. The number of amides is 1. The molecule has 1 aliphatic heterocycles. The lowest BCUT2D eigenvalue weighted by molar-refractivity contribution is 0.0244. The Hall–Kier alpha value is -1.47. The molecule has 1 aromatic rings. The highest BCUT2D eigenvalue weighted by Gasteiger charge is 2.57. The fourth-order valence-corrected chi connectivity index (χ4v) is 4.65. The molecule has 1 fully saturated rings. The third-order valence-electron chi connectivity index (χ3n) is 5.07. The molecule has 1 aliphatic rings. The van der Waals surface area contributed by atoms with Crippen LogP contribution in [-0.2, 0) is 9.96 Å². The van der Waals surface area contributed by atoms with E-state index in [1.54, 1.807) is 0 Å². The molecule has 0 aliphatic carbocycles. The van der Waals surface area contributed by atoms with Crippen molar-refractivity contribution in [1.29, 1.82) is 0 Å². The molecule has 2 rings (SSSR count). The summed E-state index contributed by atoms with van der Waals surface area (Å²) in [7, 11) is 0.225. The lowest BCUT2D eigenvalue weighted by Crippen LogP contribution is -2.53. The summed E-state index contributed by atoms with van der Waals surface area (Å²) in [6.45, 7) is 12.0. The van der Waals surface area contributed by atoms with E-state index in [4.69, 9.17) is 4.43 Å². The van der Waals surface area contributed by atoms with E-state index < -0.39 is 28.7 Å². The number of nitrogens with zero attached hydrogens (tertiary/aromatic N) is 1. The normalized spacial score (nSPS) is 23.7. The van der Waals surface area contributed by atoms with Crippen molar-refractivity contribution in [2.45, 2.75) is 65.7 Å². The van der Waals surface area contributed by atoms with Gasteiger partial charge in [0, 0.05) is 18.5 Å². The van der Waals surface area contributed by atoms with Gasteiger partial charge in [-0.15, -0.1) is 0 Å². The highest BCUT2D eigenvalue weighted by Crippen LogP contribution is 2.52. The van der Waals surface area contributed by atoms with Gasteiger partial charge in [0.1, 0.15) is 11.6 Å². The highest BCUT2D eigenvalue weighted by molar-refractivity contribution is 6.27. The van der Waals surface area contributed by atoms with Crippen molar-refractivity contribution in [3.63, 3.8) is 0 Å². The molecule has 0 aromatic heterocycles. The average molecular weight is 398 g/mol. The van der Waals surface area contributed by atoms with Gasteiger partial charge in [-0.05, 0) is 35.1 Å². The molecule has 4 nitrogen and oxygen atoms in total. The second-order valence-electron chi connectivity index (χ2n) is 9.45. The Labute approximate surface area is 162 Å². The first-order valence-corrected chi connectivity index (χ1v) is 10.2. The van der Waals surface area contributed by atoms with Crippen molar-refractivity contribution < 1.29 is 23.1 Å². The molecular formula is C20H29F2NO3Si. The summed E-state index contributed by atoms with van der Waals surface area (Å²) >= 11 is 0. The lowest BCUT2D eigenvalue weighted by Gasteiger charge is -2.47. The molecule has 1 aromatic carbocycles. The van der Waals surface area contributed by atoms with E-state index in [0.717, 1.165) is 24.2 Å². The SMILES string of the molecule is CC(C)(C)C[Si]O[C@H]1CN(C(=O)O)C(c2cc(F)ccc2F)(C(C)(C)C)C1. The summed E-state index contributed by atoms with van der Waals surface area (Å²) < 4.78 is 34.7. The van der Waals surface area contributed by atoms with Gasteiger partial charge in [0.2, 0.25) is 9.76 Å². The molecule has 0 spiro atoms. The quantitative estimate of drug-likeness (QED) is 0.723. The zero-order valence-electron chi connectivity index (χ0n) is 16.9. The second kappa shape index (κ2) is 7.51. The van der Waals surface area contributed by atoms with Crippen LogP contribution in [0, 0.1) is 22.5 Å². The molecule has 7 heteroatoms. The first-order valence-electron chi connectivity index (χ1n) is 9.12. The van der Waals surface area contributed by atoms with Crippen LogP contribution in [0.1, 0.15) is 53.5 Å². The van der Waals surface area contributed by atoms with Crippen LogP contribution in [0.5, 0.6) is 0 Å². The standard InChI is InChI=1S/C20H29F2NO3Si/c1-18(2,3)12-27-26-14-10-20(19(4,5)6,23(11-14)17(24)25)15-9-13(21)7-8-16(15)22/h7-9,14H,10-12H2,1-6H3,(H,24,25)/t14-,20?/m1/s1. The number of halogens is 2. The van der Waals surface area contributed by atoms with Crippen molar-refractivity contribution >= 4 is 15.9 Å². The van der Waals surface area contributed by atoms with Crippen LogP contribution < -0.4 is 0 Å². The van der Waals surface area contributed by atoms with E-state index in [-0.39, 0.29) is 33.4 Å². The Morgan fingerprint density at radius 3 is 2.44 bits per heavy atom. The fraction of sp³-hybridized carbons (Fsp3) is 0.650. The lowest BCUT2D eigenvalue weighted by atomic mass is 9.67. The molecular weight excluding hydrogens is 368 g/mol. The van der Waals surface area contributed by atoms with Crippen molar-refractivity contribution in [2.75, 3.05) is 6.54 Å². The van der Waals surface area contributed by atoms with Crippen molar-refractivity contribution in [2.24, 2.45) is 10.8 Å². The number of carboxylic acid groups (broad SMARTS) is 1. The number of carbonyl (C=O) groups is 1. The molecule has 2 radical (unpaired) electrons. The van der Waals surface area contributed by atoms with Crippen LogP contribution in [0.4, 0.5) is 13.6 Å². The van der Waals surface area contributed by atoms with Gasteiger partial charge in [0.25, 0.3) is 0 Å². The number of likely N-dealkylation sites (tertiary alicyclic amines) is 1. The zero-order chi connectivity index (χ0) is 20.6. The number of rotatable bonds is 4. The van der Waals surface area contributed by atoms with E-state index in [9.17, 15) is 18.7 Å². The summed E-state index contributed by atoms with van der Waals surface area (Å²) in [6, 6.07) is 4.09. The molecule has 27 heavy (non-hydrogen) atoms. The Morgan fingerprint density at radius 2 is 1.93 bits per heavy atom. The summed E-state index contributed by atoms with van der Waals surface area (Å²) in [4.78, 5) is 13.3. The molecule has 0 bridgehead atoms. The second-order valence-corrected chi connectivity index (χ2v) is 10.3. The monoisotopic (exact) mass is 397 g/mol. The minimum atomic E-state index is -1.21. The van der Waals surface area contributed by atoms with E-state index in [2.05, 4.69) is 20.8 Å². The molecule has 0 saturated carbocycles. The smallest absolute Gasteiger partial charge is 0.408 e. The van der Waals surface area contributed by atoms with Gasteiger partial charge in [0.15, 0.2) is 0 Å². The number of hydrogen-bond acceptors (Lipinski definition) is 2. The van der Waals surface area contributed by atoms with E-state index >= 15 is 0 Å². The molecule has 150 valence electrons. The Balaban J connectivity index is 2.45. The predicted molar refractivity (Wildman–Crippen MR) is 102 cm³/mol. The van der Waals surface area contributed by atoms with E-state index in [0.29, 0.717) is 6.42 Å².